The molecule has 1 unspecified atom stereocenters. The van der Waals surface area contributed by atoms with E-state index < -0.39 is 16.7 Å². The van der Waals surface area contributed by atoms with E-state index in [-0.39, 0.29) is 24.5 Å². The maximum Gasteiger partial charge on any atom is 0.411 e. The lowest BCUT2D eigenvalue weighted by Gasteiger charge is -2.46. The third kappa shape index (κ3) is 3.13. The van der Waals surface area contributed by atoms with Crippen LogP contribution < -0.4 is 9.80 Å². The summed E-state index contributed by atoms with van der Waals surface area (Å²) in [5.74, 6) is 0.468. The van der Waals surface area contributed by atoms with Crippen LogP contribution in [0.3, 0.4) is 0 Å². The third-order valence-electron chi connectivity index (χ3n) is 5.21. The van der Waals surface area contributed by atoms with Crippen molar-refractivity contribution in [1.82, 2.24) is 9.78 Å². The van der Waals surface area contributed by atoms with Crippen LogP contribution in [0.1, 0.15) is 19.9 Å². The van der Waals surface area contributed by atoms with Gasteiger partial charge in [0, 0.05) is 25.2 Å². The van der Waals surface area contributed by atoms with Crippen LogP contribution in [0.15, 0.2) is 30.6 Å². The summed E-state index contributed by atoms with van der Waals surface area (Å²) in [6.45, 7) is 3.49. The number of hydrogen-bond acceptors (Lipinski definition) is 5. The van der Waals surface area contributed by atoms with Gasteiger partial charge in [0.1, 0.15) is 0 Å². The molecule has 2 aliphatic rings. The second-order valence-electron chi connectivity index (χ2n) is 7.33. The van der Waals surface area contributed by atoms with Gasteiger partial charge < -0.3 is 10.0 Å². The fourth-order valence-corrected chi connectivity index (χ4v) is 5.31. The van der Waals surface area contributed by atoms with Crippen LogP contribution in [0.4, 0.5) is 16.2 Å². The number of nitrogens with zero attached hydrogens (tertiary/aromatic N) is 4. The van der Waals surface area contributed by atoms with E-state index in [2.05, 4.69) is 5.10 Å². The molecule has 1 fully saturated rings. The van der Waals surface area contributed by atoms with Crippen molar-refractivity contribution in [3.05, 3.63) is 30.6 Å². The number of rotatable bonds is 2. The van der Waals surface area contributed by atoms with Gasteiger partial charge in [-0.3, -0.25) is 23.5 Å². The molecule has 2 aromatic rings. The van der Waals surface area contributed by atoms with E-state index in [9.17, 15) is 23.8 Å². The number of fused-ring (bicyclic) bond motifs is 1. The monoisotopic (exact) mass is 406 g/mol. The van der Waals surface area contributed by atoms with Gasteiger partial charge >= 0.3 is 6.09 Å². The van der Waals surface area contributed by atoms with Crippen LogP contribution in [0, 0.1) is 0 Å². The minimum absolute atomic E-state index is 0.0408. The van der Waals surface area contributed by atoms with E-state index in [1.54, 1.807) is 27.9 Å². The summed E-state index contributed by atoms with van der Waals surface area (Å²) in [7, 11) is -2.45. The second-order valence-corrected chi connectivity index (χ2v) is 9.60. The second kappa shape index (κ2) is 6.50. The van der Waals surface area contributed by atoms with Gasteiger partial charge in [-0.1, -0.05) is 6.07 Å². The van der Waals surface area contributed by atoms with E-state index >= 15 is 0 Å². The van der Waals surface area contributed by atoms with Crippen molar-refractivity contribution in [3.63, 3.8) is 0 Å². The van der Waals surface area contributed by atoms with Crippen molar-refractivity contribution in [1.29, 1.82) is 0 Å². The van der Waals surface area contributed by atoms with Crippen LogP contribution in [0.5, 0.6) is 0 Å². The molecule has 2 aliphatic heterocycles. The standard InChI is InChI=1S/C18H22N4O5S/c1-11-7-20(18(24)25)17-5-13(3-4-16(17)22(11)12(2)23)14-6-19-21(8-14)15-9-28(26,27)10-15/h3-6,8,11,15,26-27H,7,9-10H2,1-2H3,(H,24,25). The average molecular weight is 406 g/mol. The number of carboxylic acid groups (broad SMARTS) is 1. The van der Waals surface area contributed by atoms with Crippen LogP contribution >= 0.6 is 10.6 Å². The van der Waals surface area contributed by atoms with Crippen LogP contribution in [0.25, 0.3) is 11.1 Å². The molecule has 0 radical (unpaired) electrons. The first-order chi connectivity index (χ1) is 13.2. The van der Waals surface area contributed by atoms with E-state index in [1.165, 1.54) is 11.8 Å². The Bertz CT molecular complexity index is 951. The zero-order valence-electron chi connectivity index (χ0n) is 15.5. The number of carbonyl (C=O) groups is 2. The fourth-order valence-electron chi connectivity index (χ4n) is 3.87. The van der Waals surface area contributed by atoms with Crippen LogP contribution in [-0.2, 0) is 4.79 Å². The maximum absolute atomic E-state index is 12.1. The van der Waals surface area contributed by atoms with Crippen molar-refractivity contribution in [2.45, 2.75) is 25.9 Å². The van der Waals surface area contributed by atoms with Gasteiger partial charge in [0.15, 0.2) is 0 Å². The summed E-state index contributed by atoms with van der Waals surface area (Å²) in [6, 6.07) is 5.05. The molecule has 0 aliphatic carbocycles. The highest BCUT2D eigenvalue weighted by atomic mass is 32.3. The zero-order valence-corrected chi connectivity index (χ0v) is 16.3. The summed E-state index contributed by atoms with van der Waals surface area (Å²) >= 11 is 0. The van der Waals surface area contributed by atoms with Crippen molar-refractivity contribution in [2.75, 3.05) is 27.9 Å². The molecule has 4 rings (SSSR count). The van der Waals surface area contributed by atoms with Gasteiger partial charge in [-0.05, 0) is 24.6 Å². The van der Waals surface area contributed by atoms with E-state index in [0.717, 1.165) is 11.1 Å². The minimum Gasteiger partial charge on any atom is -0.465 e. The molecule has 2 amide bonds. The molecule has 3 heterocycles. The Balaban J connectivity index is 1.69. The number of amides is 2. The largest absolute Gasteiger partial charge is 0.465 e. The molecule has 150 valence electrons. The lowest BCUT2D eigenvalue weighted by atomic mass is 10.0. The summed E-state index contributed by atoms with van der Waals surface area (Å²) in [6.07, 6.45) is 2.43. The Labute approximate surface area is 163 Å². The molecule has 10 heteroatoms. The fraction of sp³-hybridized carbons (Fsp3) is 0.389. The molecule has 1 atom stereocenters. The molecular formula is C18H22N4O5S. The van der Waals surface area contributed by atoms with E-state index in [1.807, 2.05) is 19.2 Å². The molecule has 0 saturated carbocycles. The number of aromatic nitrogens is 2. The predicted molar refractivity (Wildman–Crippen MR) is 107 cm³/mol. The molecule has 1 saturated heterocycles. The predicted octanol–water partition coefficient (Wildman–Crippen LogP) is 3.09. The lowest BCUT2D eigenvalue weighted by Crippen LogP contribution is -2.51. The molecular weight excluding hydrogens is 384 g/mol. The Morgan fingerprint density at radius 1 is 1.18 bits per heavy atom. The zero-order chi connectivity index (χ0) is 20.2. The number of hydrogen-bond donors (Lipinski definition) is 3. The molecule has 3 N–H and O–H groups in total. The molecule has 0 spiro atoms. The lowest BCUT2D eigenvalue weighted by molar-refractivity contribution is -0.117. The van der Waals surface area contributed by atoms with Gasteiger partial charge in [0.2, 0.25) is 5.91 Å². The molecule has 9 nitrogen and oxygen atoms in total. The number of carbonyl (C=O) groups excluding carboxylic acids is 1. The summed E-state index contributed by atoms with van der Waals surface area (Å²) < 4.78 is 20.9. The normalized spacial score (nSPS) is 22.4. The van der Waals surface area contributed by atoms with Gasteiger partial charge in [-0.15, -0.1) is 0 Å². The first-order valence-corrected chi connectivity index (χ1v) is 10.8. The molecule has 28 heavy (non-hydrogen) atoms. The number of benzene rings is 1. The number of anilines is 2. The first-order valence-electron chi connectivity index (χ1n) is 8.89. The van der Waals surface area contributed by atoms with Gasteiger partial charge in [0.05, 0.1) is 41.2 Å². The van der Waals surface area contributed by atoms with Crippen molar-refractivity contribution in [3.8, 4) is 11.1 Å². The minimum atomic E-state index is -2.45. The summed E-state index contributed by atoms with van der Waals surface area (Å²) in [5.41, 5.74) is 2.60. The van der Waals surface area contributed by atoms with E-state index in [4.69, 9.17) is 0 Å². The summed E-state index contributed by atoms with van der Waals surface area (Å²) in [4.78, 5) is 26.7. The molecule has 1 aromatic heterocycles. The van der Waals surface area contributed by atoms with Crippen molar-refractivity contribution >= 4 is 34.0 Å². The Morgan fingerprint density at radius 2 is 1.89 bits per heavy atom. The maximum atomic E-state index is 12.1. The summed E-state index contributed by atoms with van der Waals surface area (Å²) in [5, 5.41) is 13.9. The highest BCUT2D eigenvalue weighted by molar-refractivity contribution is 8.25. The smallest absolute Gasteiger partial charge is 0.411 e. The SMILES string of the molecule is CC(=O)N1c2ccc(-c3cnn(C4CS(O)(O)C4)c3)cc2N(C(=O)O)CC1C. The van der Waals surface area contributed by atoms with Crippen LogP contribution in [0.2, 0.25) is 0 Å². The van der Waals surface area contributed by atoms with Crippen LogP contribution in [-0.4, -0.2) is 60.1 Å². The highest BCUT2D eigenvalue weighted by Crippen LogP contribution is 2.53. The Hall–Kier alpha value is -2.56. The molecule has 1 aromatic carbocycles. The topological polar surface area (TPSA) is 119 Å². The van der Waals surface area contributed by atoms with Gasteiger partial charge in [0.25, 0.3) is 0 Å². The first kappa shape index (κ1) is 18.8. The van der Waals surface area contributed by atoms with E-state index in [0.29, 0.717) is 22.9 Å². The third-order valence-corrected chi connectivity index (χ3v) is 7.05. The highest BCUT2D eigenvalue weighted by Gasteiger charge is 2.36. The average Bonchev–Trinajstić information content (AvgIpc) is 3.07. The van der Waals surface area contributed by atoms with Gasteiger partial charge in [-0.25, -0.2) is 4.79 Å². The molecule has 0 bridgehead atoms. The Morgan fingerprint density at radius 3 is 2.50 bits per heavy atom. The van der Waals surface area contributed by atoms with Crippen molar-refractivity contribution < 1.29 is 23.8 Å². The Kier molecular flexibility index (Phi) is 4.36. The van der Waals surface area contributed by atoms with Gasteiger partial charge in [-0.2, -0.15) is 15.7 Å². The van der Waals surface area contributed by atoms with Crippen molar-refractivity contribution in [2.24, 2.45) is 0 Å². The quantitative estimate of drug-likeness (QED) is 0.705.